The van der Waals surface area contributed by atoms with Gasteiger partial charge in [0.15, 0.2) is 0 Å². The average Bonchev–Trinajstić information content (AvgIpc) is 2.83. The maximum atomic E-state index is 7.01. The Morgan fingerprint density at radius 2 is 1.83 bits per heavy atom. The van der Waals surface area contributed by atoms with Crippen LogP contribution in [0.1, 0.15) is 17.5 Å². The summed E-state index contributed by atoms with van der Waals surface area (Å²) < 4.78 is 0. The third kappa shape index (κ3) is 1.78. The van der Waals surface area contributed by atoms with Crippen LogP contribution in [0.2, 0.25) is 0 Å². The molecule has 0 heterocycles. The molecule has 2 aromatic carbocycles. The zero-order chi connectivity index (χ0) is 12.4. The Morgan fingerprint density at radius 3 is 2.72 bits per heavy atom. The number of benzene rings is 2. The van der Waals surface area contributed by atoms with E-state index in [1.807, 2.05) is 6.08 Å². The van der Waals surface area contributed by atoms with Crippen molar-refractivity contribution in [3.63, 3.8) is 0 Å². The summed E-state index contributed by atoms with van der Waals surface area (Å²) in [6, 6.07) is 13.0. The van der Waals surface area contributed by atoms with E-state index < -0.39 is 0 Å². The van der Waals surface area contributed by atoms with Crippen molar-refractivity contribution in [2.75, 3.05) is 0 Å². The quantitative estimate of drug-likeness (QED) is 0.744. The van der Waals surface area contributed by atoms with E-state index in [0.717, 1.165) is 12.8 Å². The lowest BCUT2D eigenvalue weighted by molar-refractivity contribution is 1.08. The van der Waals surface area contributed by atoms with Crippen molar-refractivity contribution < 1.29 is 0 Å². The second-order valence-electron chi connectivity index (χ2n) is 4.56. The Bertz CT molecular complexity index is 662. The molecule has 0 saturated heterocycles. The highest BCUT2D eigenvalue weighted by Gasteiger charge is 2.17. The summed E-state index contributed by atoms with van der Waals surface area (Å²) >= 11 is 0. The van der Waals surface area contributed by atoms with Crippen LogP contribution in [0.3, 0.4) is 0 Å². The van der Waals surface area contributed by atoms with Crippen LogP contribution in [-0.2, 0) is 6.42 Å². The van der Waals surface area contributed by atoms with E-state index in [9.17, 15) is 0 Å². The first-order valence-electron chi connectivity index (χ1n) is 6.27. The first-order chi connectivity index (χ1) is 8.90. The van der Waals surface area contributed by atoms with Gasteiger partial charge in [-0.2, -0.15) is 0 Å². The third-order valence-corrected chi connectivity index (χ3v) is 3.50. The summed E-state index contributed by atoms with van der Waals surface area (Å²) in [5, 5.41) is 9.67. The van der Waals surface area contributed by atoms with E-state index in [4.69, 9.17) is 5.41 Å². The molecule has 1 nitrogen and oxygen atoms in total. The number of aryl methyl sites for hydroxylation is 1. The smallest absolute Gasteiger partial charge is 0.0177 e. The molecule has 0 aliphatic heterocycles. The van der Waals surface area contributed by atoms with Gasteiger partial charge in [-0.3, -0.25) is 0 Å². The van der Waals surface area contributed by atoms with Crippen LogP contribution >= 0.6 is 0 Å². The SMILES string of the molecule is N=C/C=C\C=C1/CCc2ccc3ccccc3c21. The predicted molar refractivity (Wildman–Crippen MR) is 78.2 cm³/mol. The monoisotopic (exact) mass is 233 g/mol. The van der Waals surface area contributed by atoms with Crippen molar-refractivity contribution in [3.8, 4) is 0 Å². The molecule has 0 spiro atoms. The van der Waals surface area contributed by atoms with Crippen LogP contribution in [-0.4, -0.2) is 6.21 Å². The van der Waals surface area contributed by atoms with Gasteiger partial charge in [0.1, 0.15) is 0 Å². The van der Waals surface area contributed by atoms with Gasteiger partial charge in [-0.15, -0.1) is 0 Å². The van der Waals surface area contributed by atoms with Crippen LogP contribution in [0.4, 0.5) is 0 Å². The molecule has 1 aliphatic carbocycles. The second kappa shape index (κ2) is 4.61. The second-order valence-corrected chi connectivity index (χ2v) is 4.56. The Morgan fingerprint density at radius 1 is 0.944 bits per heavy atom. The maximum absolute atomic E-state index is 7.01. The molecule has 1 heteroatoms. The van der Waals surface area contributed by atoms with Gasteiger partial charge in [-0.25, -0.2) is 0 Å². The lowest BCUT2D eigenvalue weighted by Crippen LogP contribution is -1.84. The first-order valence-corrected chi connectivity index (χ1v) is 6.27. The molecule has 0 aromatic heterocycles. The number of hydrogen-bond donors (Lipinski definition) is 1. The zero-order valence-corrected chi connectivity index (χ0v) is 10.2. The topological polar surface area (TPSA) is 23.9 Å². The highest BCUT2D eigenvalue weighted by atomic mass is 14.3. The van der Waals surface area contributed by atoms with E-state index >= 15 is 0 Å². The van der Waals surface area contributed by atoms with Gasteiger partial charge < -0.3 is 5.41 Å². The van der Waals surface area contributed by atoms with Crippen LogP contribution in [0.25, 0.3) is 16.3 Å². The van der Waals surface area contributed by atoms with Crippen molar-refractivity contribution >= 4 is 22.6 Å². The van der Waals surface area contributed by atoms with Crippen molar-refractivity contribution in [1.82, 2.24) is 0 Å². The number of rotatable bonds is 2. The number of nitrogens with one attached hydrogen (secondary N) is 1. The molecule has 0 unspecified atom stereocenters. The highest BCUT2D eigenvalue weighted by Crippen LogP contribution is 2.37. The molecular weight excluding hydrogens is 218 g/mol. The van der Waals surface area contributed by atoms with Crippen molar-refractivity contribution in [3.05, 3.63) is 65.8 Å². The molecule has 0 bridgehead atoms. The fraction of sp³-hybridized carbons (Fsp3) is 0.118. The molecule has 0 atom stereocenters. The van der Waals surface area contributed by atoms with Crippen LogP contribution < -0.4 is 0 Å². The van der Waals surface area contributed by atoms with Gasteiger partial charge in [0.05, 0.1) is 0 Å². The Balaban J connectivity index is 2.19. The van der Waals surface area contributed by atoms with E-state index in [1.54, 1.807) is 6.08 Å². The van der Waals surface area contributed by atoms with Gasteiger partial charge in [-0.1, -0.05) is 48.6 Å². The van der Waals surface area contributed by atoms with Crippen molar-refractivity contribution in [2.45, 2.75) is 12.8 Å². The van der Waals surface area contributed by atoms with E-state index in [-0.39, 0.29) is 0 Å². The van der Waals surface area contributed by atoms with E-state index in [2.05, 4.69) is 42.5 Å². The van der Waals surface area contributed by atoms with Gasteiger partial charge in [0, 0.05) is 6.21 Å². The summed E-state index contributed by atoms with van der Waals surface area (Å²) in [5.41, 5.74) is 4.24. The number of hydrogen-bond acceptors (Lipinski definition) is 1. The van der Waals surface area contributed by atoms with E-state index in [0.29, 0.717) is 0 Å². The van der Waals surface area contributed by atoms with Gasteiger partial charge in [0.2, 0.25) is 0 Å². The minimum atomic E-state index is 1.10. The van der Waals surface area contributed by atoms with E-state index in [1.165, 1.54) is 33.7 Å². The molecule has 2 aromatic rings. The fourth-order valence-corrected chi connectivity index (χ4v) is 2.69. The van der Waals surface area contributed by atoms with Gasteiger partial charge in [0.25, 0.3) is 0 Å². The predicted octanol–water partition coefficient (Wildman–Crippen LogP) is 4.38. The molecule has 0 radical (unpaired) electrons. The lowest BCUT2D eigenvalue weighted by Gasteiger charge is -2.06. The highest BCUT2D eigenvalue weighted by molar-refractivity contribution is 5.97. The Labute approximate surface area is 107 Å². The Kier molecular flexibility index (Phi) is 2.81. The average molecular weight is 233 g/mol. The summed E-state index contributed by atoms with van der Waals surface area (Å²) in [7, 11) is 0. The van der Waals surface area contributed by atoms with Gasteiger partial charge >= 0.3 is 0 Å². The molecule has 88 valence electrons. The zero-order valence-electron chi connectivity index (χ0n) is 10.2. The molecular formula is C17H15N. The molecule has 3 rings (SSSR count). The molecule has 0 saturated carbocycles. The number of fused-ring (bicyclic) bond motifs is 3. The van der Waals surface area contributed by atoms with Crippen molar-refractivity contribution in [1.29, 1.82) is 5.41 Å². The normalized spacial score (nSPS) is 16.6. The fourth-order valence-electron chi connectivity index (χ4n) is 2.69. The Hall–Kier alpha value is -2.15. The molecule has 18 heavy (non-hydrogen) atoms. The number of allylic oxidation sites excluding steroid dienone is 4. The van der Waals surface area contributed by atoms with Gasteiger partial charge in [-0.05, 0) is 46.4 Å². The maximum Gasteiger partial charge on any atom is 0.0177 e. The first kappa shape index (κ1) is 11.0. The molecule has 0 amide bonds. The lowest BCUT2D eigenvalue weighted by atomic mass is 9.98. The summed E-state index contributed by atoms with van der Waals surface area (Å²) in [5.74, 6) is 0. The largest absolute Gasteiger partial charge is 0.309 e. The summed E-state index contributed by atoms with van der Waals surface area (Å²) in [6.07, 6.45) is 9.41. The molecule has 1 aliphatic rings. The van der Waals surface area contributed by atoms with Crippen molar-refractivity contribution in [2.24, 2.45) is 0 Å². The minimum absolute atomic E-state index is 1.10. The molecule has 1 N–H and O–H groups in total. The molecule has 0 fully saturated rings. The van der Waals surface area contributed by atoms with Crippen LogP contribution in [0.5, 0.6) is 0 Å². The minimum Gasteiger partial charge on any atom is -0.309 e. The summed E-state index contributed by atoms with van der Waals surface area (Å²) in [4.78, 5) is 0. The van der Waals surface area contributed by atoms with Crippen LogP contribution in [0.15, 0.2) is 54.6 Å². The third-order valence-electron chi connectivity index (χ3n) is 3.50. The summed E-state index contributed by atoms with van der Waals surface area (Å²) in [6.45, 7) is 0. The van der Waals surface area contributed by atoms with Crippen LogP contribution in [0, 0.1) is 5.41 Å². The standard InChI is InChI=1S/C17H15N/c18-12-4-3-6-14-10-11-15-9-8-13-5-1-2-7-16(13)17(14)15/h1-9,12,18H,10-11H2/b4-3-,14-6+,18-12?.